The summed E-state index contributed by atoms with van der Waals surface area (Å²) in [5.41, 5.74) is 1.66. The third-order valence-electron chi connectivity index (χ3n) is 11.0. The van der Waals surface area contributed by atoms with E-state index in [1.54, 1.807) is 91.7 Å². The molecule has 398 valence electrons. The highest BCUT2D eigenvalue weighted by Gasteiger charge is 2.32. The van der Waals surface area contributed by atoms with Crippen LogP contribution in [0.5, 0.6) is 0 Å². The number of aliphatic hydroxyl groups is 1. The Morgan fingerprint density at radius 1 is 0.792 bits per heavy atom. The molecule has 0 unspecified atom stereocenters. The van der Waals surface area contributed by atoms with Crippen molar-refractivity contribution in [2.75, 3.05) is 31.3 Å². The number of fused-ring (bicyclic) bond motifs is 14. The highest BCUT2D eigenvalue weighted by Crippen LogP contribution is 2.40. The number of aliphatic hydroxyl groups excluding tert-OH is 1. The lowest BCUT2D eigenvalue weighted by Crippen LogP contribution is -2.46. The summed E-state index contributed by atoms with van der Waals surface area (Å²) in [6.07, 6.45) is -2.22. The van der Waals surface area contributed by atoms with Gasteiger partial charge in [0.2, 0.25) is 11.8 Å². The molecular formula is C48H46N14O9S6. The van der Waals surface area contributed by atoms with Gasteiger partial charge in [0.15, 0.2) is 5.13 Å². The molecule has 0 saturated heterocycles. The predicted octanol–water partition coefficient (Wildman–Crippen LogP) is 7.37. The number of aryl methyl sites for hydroxylation is 1. The summed E-state index contributed by atoms with van der Waals surface area (Å²) in [6.45, 7) is 6.13. The lowest BCUT2D eigenvalue weighted by molar-refractivity contribution is -0.123. The number of rotatable bonds is 8. The molecule has 23 nitrogen and oxygen atoms in total. The number of aromatic nitrogens is 7. The van der Waals surface area contributed by atoms with E-state index in [0.29, 0.717) is 68.7 Å². The Hall–Kier alpha value is -7.35. The highest BCUT2D eigenvalue weighted by atomic mass is 32.1. The maximum absolute atomic E-state index is 14.2. The summed E-state index contributed by atoms with van der Waals surface area (Å²) in [4.78, 5) is 115. The summed E-state index contributed by atoms with van der Waals surface area (Å²) in [5.74, 6) is 3.18. The highest BCUT2D eigenvalue weighted by molar-refractivity contribution is 7.16. The summed E-state index contributed by atoms with van der Waals surface area (Å²) in [5, 5.41) is 34.7. The van der Waals surface area contributed by atoms with Crippen LogP contribution in [0.25, 0.3) is 43.4 Å². The van der Waals surface area contributed by atoms with E-state index < -0.39 is 66.0 Å². The van der Waals surface area contributed by atoms with Crippen LogP contribution in [0.3, 0.4) is 0 Å². The molecule has 0 radical (unpaired) electrons. The molecule has 3 atom stereocenters. The van der Waals surface area contributed by atoms with Gasteiger partial charge in [-0.15, -0.1) is 56.7 Å². The number of pyridine rings is 1. The molecule has 8 N–H and O–H groups in total. The smallest absolute Gasteiger partial charge is 0.413 e. The number of carbonyl (C=O) groups is 6. The van der Waals surface area contributed by atoms with Gasteiger partial charge in [-0.1, -0.05) is 41.7 Å². The van der Waals surface area contributed by atoms with Crippen LogP contribution in [-0.4, -0.2) is 107 Å². The van der Waals surface area contributed by atoms with E-state index in [-0.39, 0.29) is 46.1 Å². The van der Waals surface area contributed by atoms with Crippen LogP contribution in [0.2, 0.25) is 0 Å². The molecule has 10 bridgehead atoms. The first-order chi connectivity index (χ1) is 36.8. The Morgan fingerprint density at radius 2 is 1.51 bits per heavy atom. The van der Waals surface area contributed by atoms with Gasteiger partial charge in [0.25, 0.3) is 17.7 Å². The Bertz CT molecular complexity index is 3530. The molecule has 0 spiro atoms. The summed E-state index contributed by atoms with van der Waals surface area (Å²) in [7, 11) is 2.86. The minimum atomic E-state index is -1.31. The maximum atomic E-state index is 14.2. The molecule has 0 fully saturated rings. The number of nitrogens with zero attached hydrogens (tertiary/aromatic N) is 8. The number of anilines is 2. The molecule has 1 aliphatic rings. The standard InChI is InChI=1S/C48H46N14O9S6/c1-21-33-39(67)61-46-60-35(29(77-46)16-70-6)45(68)62(49)15-32(64)58-36(37(65)22-10-8-7-9-11-22)44-55-28(19-74-44)42-53-26(17-73-42)34-23(12-13-24(51-34)41-56-30(20-75-41)57-47(69)71-48(2,3)4)40-54-27(18-72-40)38(66)52-25(14-31(63)50-5)43(59-33)76-21/h7-13,17-20,25,36-37,65H,14-16,49H2,1-6H3,(H,50,63)(H,52,66)(H,57,69)(H,58,64)(H,60,61,67)/t25-,36-,37-/m0/s1. The van der Waals surface area contributed by atoms with Crippen LogP contribution >= 0.6 is 68.0 Å². The van der Waals surface area contributed by atoms with Crippen LogP contribution in [0.4, 0.5) is 15.7 Å². The molecule has 8 heterocycles. The molecule has 1 aromatic carbocycles. The monoisotopic (exact) mass is 1150 g/mol. The van der Waals surface area contributed by atoms with E-state index in [9.17, 15) is 33.9 Å². The zero-order valence-corrected chi connectivity index (χ0v) is 46.4. The minimum absolute atomic E-state index is 0.00389. The van der Waals surface area contributed by atoms with Gasteiger partial charge in [0.1, 0.15) is 89.3 Å². The average molecular weight is 1160 g/mol. The molecule has 0 aliphatic carbocycles. The Morgan fingerprint density at radius 3 is 2.26 bits per heavy atom. The van der Waals surface area contributed by atoms with Crippen molar-refractivity contribution >= 4 is 115 Å². The van der Waals surface area contributed by atoms with Crippen molar-refractivity contribution in [2.24, 2.45) is 5.84 Å². The first-order valence-electron chi connectivity index (χ1n) is 23.1. The zero-order chi connectivity index (χ0) is 54.7. The molecule has 77 heavy (non-hydrogen) atoms. The molecular weight excluding hydrogens is 1110 g/mol. The maximum Gasteiger partial charge on any atom is 0.413 e. The molecule has 7 aromatic heterocycles. The van der Waals surface area contributed by atoms with E-state index in [4.69, 9.17) is 35.3 Å². The van der Waals surface area contributed by atoms with Gasteiger partial charge in [-0.25, -0.2) is 45.5 Å². The number of ether oxygens (including phenoxy) is 2. The molecule has 29 heteroatoms. The number of methoxy groups -OCH3 is 1. The second kappa shape index (κ2) is 23.1. The number of nitrogens with one attached hydrogen (secondary N) is 5. The number of nitrogens with two attached hydrogens (primary N) is 1. The Balaban J connectivity index is 1.13. The van der Waals surface area contributed by atoms with E-state index in [1.807, 2.05) is 0 Å². The number of benzene rings is 1. The first kappa shape index (κ1) is 54.4. The number of hydrazine groups is 1. The van der Waals surface area contributed by atoms with Gasteiger partial charge in [-0.2, -0.15) is 0 Å². The van der Waals surface area contributed by atoms with Crippen LogP contribution in [0, 0.1) is 6.92 Å². The van der Waals surface area contributed by atoms with Crippen molar-refractivity contribution in [1.29, 1.82) is 0 Å². The topological polar surface area (TPSA) is 321 Å². The lowest BCUT2D eigenvalue weighted by Gasteiger charge is -2.24. The third kappa shape index (κ3) is 12.6. The van der Waals surface area contributed by atoms with Gasteiger partial charge in [0.05, 0.1) is 29.6 Å². The van der Waals surface area contributed by atoms with Crippen molar-refractivity contribution in [3.63, 3.8) is 0 Å². The van der Waals surface area contributed by atoms with Crippen LogP contribution < -0.4 is 32.4 Å². The average Bonchev–Trinajstić information content (AvgIpc) is 4.28. The second-order valence-electron chi connectivity index (χ2n) is 17.8. The van der Waals surface area contributed by atoms with E-state index in [0.717, 1.165) is 34.0 Å². The normalized spacial score (nSPS) is 15.8. The molecule has 8 aromatic rings. The zero-order valence-electron chi connectivity index (χ0n) is 41.5. The van der Waals surface area contributed by atoms with Gasteiger partial charge in [-0.05, 0) is 45.4 Å². The predicted molar refractivity (Wildman–Crippen MR) is 293 cm³/mol. The Kier molecular flexibility index (Phi) is 16.3. The van der Waals surface area contributed by atoms with Crippen molar-refractivity contribution in [2.45, 2.75) is 64.5 Å². The molecule has 9 rings (SSSR count). The first-order valence-corrected chi connectivity index (χ1v) is 28.2. The number of hydrogen-bond acceptors (Lipinski definition) is 23. The second-order valence-corrected chi connectivity index (χ2v) is 23.6. The molecule has 6 amide bonds. The van der Waals surface area contributed by atoms with E-state index in [1.165, 1.54) is 48.2 Å². The van der Waals surface area contributed by atoms with Crippen LogP contribution in [-0.2, 0) is 25.7 Å². The number of carbonyl (C=O) groups excluding carboxylic acids is 6. The molecule has 0 saturated carbocycles. The fraction of sp³-hybridized carbons (Fsp3) is 0.271. The van der Waals surface area contributed by atoms with Gasteiger partial charge >= 0.3 is 6.09 Å². The van der Waals surface area contributed by atoms with Crippen molar-refractivity contribution in [3.8, 4) is 43.4 Å². The number of amides is 6. The van der Waals surface area contributed by atoms with E-state index in [2.05, 4.69) is 41.5 Å². The quantitative estimate of drug-likeness (QED) is 0.0577. The van der Waals surface area contributed by atoms with Crippen LogP contribution in [0.1, 0.15) is 102 Å². The third-order valence-corrected chi connectivity index (χ3v) is 16.6. The summed E-state index contributed by atoms with van der Waals surface area (Å²) in [6, 6.07) is 10.0. The number of hydrogen-bond donors (Lipinski definition) is 7. The SMILES string of the molecule is CNC(=O)C[C@@H]1NC(=O)c2csc(n2)-c2ccc(-c3nc(NC(=O)OC(C)(C)C)cs3)nc2-c2csc(n2)-c2csc(n2)[C@H]([C@@H](O)c2ccccc2)NC(=O)CN(N)C(=O)c2nc(sc2COC)NC(=O)c2nc1sc2C. The fourth-order valence-corrected chi connectivity index (χ4v) is 12.6. The van der Waals surface area contributed by atoms with Crippen molar-refractivity contribution in [3.05, 3.63) is 106 Å². The van der Waals surface area contributed by atoms with E-state index >= 15 is 0 Å². The Labute approximate surface area is 462 Å². The van der Waals surface area contributed by atoms with Crippen LogP contribution in [0.15, 0.2) is 64.0 Å². The number of thiazole rings is 6. The summed E-state index contributed by atoms with van der Waals surface area (Å²) < 4.78 is 10.7. The largest absolute Gasteiger partial charge is 0.444 e. The fourth-order valence-electron chi connectivity index (χ4n) is 7.49. The molecule has 1 aliphatic heterocycles. The van der Waals surface area contributed by atoms with Crippen molar-refractivity contribution < 1.29 is 43.3 Å². The lowest BCUT2D eigenvalue weighted by atomic mass is 10.0. The minimum Gasteiger partial charge on any atom is -0.444 e. The van der Waals surface area contributed by atoms with Gasteiger partial charge < -0.3 is 30.5 Å². The van der Waals surface area contributed by atoms with Gasteiger partial charge in [-0.3, -0.25) is 39.6 Å². The van der Waals surface area contributed by atoms with Crippen molar-refractivity contribution in [1.82, 2.24) is 55.8 Å². The summed E-state index contributed by atoms with van der Waals surface area (Å²) >= 11 is 6.86. The van der Waals surface area contributed by atoms with Gasteiger partial charge in [0, 0.05) is 46.1 Å².